The Labute approximate surface area is 236 Å². The maximum atomic E-state index is 2.59. The summed E-state index contributed by atoms with van der Waals surface area (Å²) < 4.78 is 0. The minimum absolute atomic E-state index is 0.439. The summed E-state index contributed by atoms with van der Waals surface area (Å²) in [5.74, 6) is 1.97. The van der Waals surface area contributed by atoms with Crippen LogP contribution in [0.3, 0.4) is 0 Å². The molecule has 2 aliphatic carbocycles. The van der Waals surface area contributed by atoms with Gasteiger partial charge in [-0.3, -0.25) is 0 Å². The number of allylic oxidation sites excluding steroid dienone is 2. The van der Waals surface area contributed by atoms with Crippen LogP contribution in [0.2, 0.25) is 13.1 Å². The Kier molecular flexibility index (Phi) is 6.59. The average molecular weight is 525 g/mol. The lowest BCUT2D eigenvalue weighted by atomic mass is 9.90. The third-order valence-electron chi connectivity index (χ3n) is 9.10. The molecule has 0 radical (unpaired) electrons. The fourth-order valence-corrected chi connectivity index (χ4v) is 10.3. The molecule has 0 bridgehead atoms. The zero-order chi connectivity index (χ0) is 27.3. The van der Waals surface area contributed by atoms with Gasteiger partial charge >= 0.3 is 0 Å². The maximum Gasteiger partial charge on any atom is 0.113 e. The fourth-order valence-electron chi connectivity index (χ4n) is 7.05. The second-order valence-corrected chi connectivity index (χ2v) is 16.9. The van der Waals surface area contributed by atoms with E-state index in [1.54, 1.807) is 21.5 Å². The van der Waals surface area contributed by atoms with Crippen molar-refractivity contribution in [2.24, 2.45) is 11.8 Å². The highest BCUT2D eigenvalue weighted by Crippen LogP contribution is 2.45. The molecule has 4 aromatic carbocycles. The average Bonchev–Trinajstić information content (AvgIpc) is 3.54. The predicted molar refractivity (Wildman–Crippen MR) is 172 cm³/mol. The van der Waals surface area contributed by atoms with Crippen molar-refractivity contribution in [2.45, 2.75) is 52.6 Å². The lowest BCUT2D eigenvalue weighted by Gasteiger charge is -2.33. The third-order valence-corrected chi connectivity index (χ3v) is 12.7. The molecule has 0 nitrogen and oxygen atoms in total. The van der Waals surface area contributed by atoms with Crippen molar-refractivity contribution in [3.05, 3.63) is 143 Å². The Balaban J connectivity index is 1.53. The second kappa shape index (κ2) is 9.95. The van der Waals surface area contributed by atoms with E-state index in [4.69, 9.17) is 0 Å². The molecule has 39 heavy (non-hydrogen) atoms. The van der Waals surface area contributed by atoms with Crippen LogP contribution in [-0.2, 0) is 0 Å². The van der Waals surface area contributed by atoms with Gasteiger partial charge in [0.2, 0.25) is 0 Å². The Morgan fingerprint density at radius 2 is 0.872 bits per heavy atom. The number of fused-ring (bicyclic) bond motifs is 2. The minimum atomic E-state index is -2.07. The predicted octanol–water partition coefficient (Wildman–Crippen LogP) is 8.88. The fraction of sp³-hybridized carbons (Fsp3) is 0.263. The van der Waals surface area contributed by atoms with Crippen LogP contribution in [0, 0.1) is 11.8 Å². The zero-order valence-electron chi connectivity index (χ0n) is 24.2. The summed E-state index contributed by atoms with van der Waals surface area (Å²) in [5.41, 5.74) is 11.5. The van der Waals surface area contributed by atoms with Crippen LogP contribution >= 0.6 is 0 Å². The smallest absolute Gasteiger partial charge is 0.0682 e. The topological polar surface area (TPSA) is 0 Å². The quantitative estimate of drug-likeness (QED) is 0.221. The standard InChI is InChI=1S/C38H40Si/c1-25(2)31-23-33(27-15-9-7-10-16-27)29-19-13-21-35(37(29)31)39(5,6)36-22-14-20-30-34(28-17-11-8-12-18-28)24-32(26(3)4)38(30)36/h7-26,31-32H,1-6H3. The summed E-state index contributed by atoms with van der Waals surface area (Å²) in [6, 6.07) is 36.3. The van der Waals surface area contributed by atoms with Crippen molar-refractivity contribution >= 4 is 29.6 Å². The van der Waals surface area contributed by atoms with Gasteiger partial charge in [-0.2, -0.15) is 0 Å². The first-order valence-corrected chi connectivity index (χ1v) is 17.6. The van der Waals surface area contributed by atoms with E-state index in [2.05, 4.69) is 150 Å². The van der Waals surface area contributed by atoms with E-state index in [1.807, 2.05) is 0 Å². The molecule has 0 saturated heterocycles. The van der Waals surface area contributed by atoms with E-state index < -0.39 is 8.07 Å². The lowest BCUT2D eigenvalue weighted by Crippen LogP contribution is -2.56. The van der Waals surface area contributed by atoms with Crippen LogP contribution in [0.5, 0.6) is 0 Å². The summed E-state index contributed by atoms with van der Waals surface area (Å²) in [6.07, 6.45) is 5.11. The monoisotopic (exact) mass is 524 g/mol. The summed E-state index contributed by atoms with van der Waals surface area (Å²) in [4.78, 5) is 0. The van der Waals surface area contributed by atoms with Crippen molar-refractivity contribution in [2.75, 3.05) is 0 Å². The van der Waals surface area contributed by atoms with Crippen LogP contribution < -0.4 is 10.4 Å². The van der Waals surface area contributed by atoms with Crippen LogP contribution in [0.1, 0.15) is 72.9 Å². The zero-order valence-corrected chi connectivity index (χ0v) is 25.2. The highest BCUT2D eigenvalue weighted by atomic mass is 28.3. The molecule has 0 spiro atoms. The number of hydrogen-bond acceptors (Lipinski definition) is 0. The first-order chi connectivity index (χ1) is 18.8. The lowest BCUT2D eigenvalue weighted by molar-refractivity contribution is 0.585. The van der Waals surface area contributed by atoms with Gasteiger partial charge in [0.1, 0.15) is 8.07 Å². The molecule has 196 valence electrons. The van der Waals surface area contributed by atoms with Crippen molar-refractivity contribution < 1.29 is 0 Å². The molecule has 6 rings (SSSR count). The molecule has 0 aromatic heterocycles. The SMILES string of the molecule is CC(C)C1C=C(c2ccccc2)c2cccc([Si](C)(C)c3cccc4c3C(C(C)C)C=C4c3ccccc3)c21. The van der Waals surface area contributed by atoms with E-state index >= 15 is 0 Å². The van der Waals surface area contributed by atoms with Gasteiger partial charge in [0.05, 0.1) is 0 Å². The van der Waals surface area contributed by atoms with E-state index in [0.29, 0.717) is 23.7 Å². The summed E-state index contributed by atoms with van der Waals surface area (Å²) in [6.45, 7) is 14.7. The van der Waals surface area contributed by atoms with Gasteiger partial charge in [0.25, 0.3) is 0 Å². The van der Waals surface area contributed by atoms with Gasteiger partial charge in [-0.25, -0.2) is 0 Å². The molecule has 0 aliphatic heterocycles. The van der Waals surface area contributed by atoms with Crippen molar-refractivity contribution in [3.8, 4) is 0 Å². The summed E-state index contributed by atoms with van der Waals surface area (Å²) >= 11 is 0. The molecule has 4 aromatic rings. The number of rotatable bonds is 6. The Hall–Kier alpha value is -3.42. The Morgan fingerprint density at radius 3 is 1.23 bits per heavy atom. The van der Waals surface area contributed by atoms with Crippen molar-refractivity contribution in [1.29, 1.82) is 0 Å². The van der Waals surface area contributed by atoms with E-state index in [-0.39, 0.29) is 0 Å². The molecule has 0 saturated carbocycles. The Morgan fingerprint density at radius 1 is 0.487 bits per heavy atom. The van der Waals surface area contributed by atoms with Crippen LogP contribution in [-0.4, -0.2) is 8.07 Å². The number of benzene rings is 4. The third kappa shape index (κ3) is 4.28. The van der Waals surface area contributed by atoms with Gasteiger partial charge in [-0.1, -0.05) is 160 Å². The molecule has 0 heterocycles. The highest BCUT2D eigenvalue weighted by molar-refractivity contribution is 7.01. The molecule has 2 atom stereocenters. The second-order valence-electron chi connectivity index (χ2n) is 12.6. The molecule has 1 heteroatoms. The first-order valence-electron chi connectivity index (χ1n) is 14.6. The van der Waals surface area contributed by atoms with Gasteiger partial charge < -0.3 is 0 Å². The van der Waals surface area contributed by atoms with E-state index in [0.717, 1.165) is 0 Å². The summed E-state index contributed by atoms with van der Waals surface area (Å²) in [5, 5.41) is 3.20. The highest BCUT2D eigenvalue weighted by Gasteiger charge is 2.40. The molecule has 0 N–H and O–H groups in total. The minimum Gasteiger partial charge on any atom is -0.0682 e. The summed E-state index contributed by atoms with van der Waals surface area (Å²) in [7, 11) is -2.07. The van der Waals surface area contributed by atoms with Crippen molar-refractivity contribution in [3.63, 3.8) is 0 Å². The molecular formula is C38H40Si. The largest absolute Gasteiger partial charge is 0.113 e. The van der Waals surface area contributed by atoms with Crippen LogP contribution in [0.15, 0.2) is 109 Å². The van der Waals surface area contributed by atoms with Crippen LogP contribution in [0.25, 0.3) is 11.1 Å². The van der Waals surface area contributed by atoms with Gasteiger partial charge in [-0.15, -0.1) is 0 Å². The van der Waals surface area contributed by atoms with Gasteiger partial charge in [-0.05, 0) is 56.4 Å². The molecule has 0 amide bonds. The van der Waals surface area contributed by atoms with Gasteiger partial charge in [0, 0.05) is 11.8 Å². The normalized spacial score (nSPS) is 18.3. The Bertz CT molecular complexity index is 1450. The van der Waals surface area contributed by atoms with Crippen LogP contribution in [0.4, 0.5) is 0 Å². The molecular weight excluding hydrogens is 485 g/mol. The molecule has 2 aliphatic rings. The molecule has 2 unspecified atom stereocenters. The van der Waals surface area contributed by atoms with E-state index in [1.165, 1.54) is 33.4 Å². The van der Waals surface area contributed by atoms with E-state index in [9.17, 15) is 0 Å². The molecule has 0 fully saturated rings. The maximum absolute atomic E-state index is 2.59. The van der Waals surface area contributed by atoms with Gasteiger partial charge in [0.15, 0.2) is 0 Å². The van der Waals surface area contributed by atoms with Crippen molar-refractivity contribution in [1.82, 2.24) is 0 Å². The number of hydrogen-bond donors (Lipinski definition) is 0. The first kappa shape index (κ1) is 25.8.